The van der Waals surface area contributed by atoms with Gasteiger partial charge in [0.2, 0.25) is 0 Å². The van der Waals surface area contributed by atoms with Crippen molar-refractivity contribution in [1.29, 1.82) is 0 Å². The molecule has 0 saturated carbocycles. The lowest BCUT2D eigenvalue weighted by molar-refractivity contribution is 0.0746. The number of benzene rings is 2. The maximum atomic E-state index is 12.9. The van der Waals surface area contributed by atoms with Gasteiger partial charge in [0.25, 0.3) is 15.9 Å². The van der Waals surface area contributed by atoms with E-state index in [9.17, 15) is 13.2 Å². The van der Waals surface area contributed by atoms with Crippen LogP contribution in [-0.2, 0) is 10.0 Å². The lowest BCUT2D eigenvalue weighted by Crippen LogP contribution is -2.49. The van der Waals surface area contributed by atoms with Crippen molar-refractivity contribution in [3.05, 3.63) is 82.5 Å². The normalized spacial score (nSPS) is 14.3. The highest BCUT2D eigenvalue weighted by Crippen LogP contribution is 2.21. The average Bonchev–Trinajstić information content (AvgIpc) is 2.81. The second-order valence-corrected chi connectivity index (χ2v) is 10.2. The van der Waals surface area contributed by atoms with E-state index in [0.29, 0.717) is 42.5 Å². The summed E-state index contributed by atoms with van der Waals surface area (Å²) in [5.74, 6) is 0.759. The summed E-state index contributed by atoms with van der Waals surface area (Å²) in [4.78, 5) is 21.4. The van der Waals surface area contributed by atoms with Crippen LogP contribution in [0, 0.1) is 13.8 Å². The third-order valence-corrected chi connectivity index (χ3v) is 7.38. The maximum absolute atomic E-state index is 12.9. The molecule has 7 nitrogen and oxygen atoms in total. The fraction of sp³-hybridized carbons (Fsp3) is 0.250. The number of carbonyl (C=O) groups is 1. The molecule has 1 saturated heterocycles. The molecule has 2 aromatic carbocycles. The van der Waals surface area contributed by atoms with Gasteiger partial charge in [-0.3, -0.25) is 9.52 Å². The molecule has 1 aliphatic rings. The Kier molecular flexibility index (Phi) is 6.58. The minimum atomic E-state index is -3.71. The molecule has 3 aromatic rings. The summed E-state index contributed by atoms with van der Waals surface area (Å²) in [7, 11) is -3.71. The van der Waals surface area contributed by atoms with Gasteiger partial charge < -0.3 is 9.80 Å². The molecular formula is C24H25ClN4O3S. The topological polar surface area (TPSA) is 82.6 Å². The summed E-state index contributed by atoms with van der Waals surface area (Å²) in [6.45, 7) is 6.31. The number of hydrogen-bond acceptors (Lipinski definition) is 5. The van der Waals surface area contributed by atoms with Gasteiger partial charge in [0.15, 0.2) is 0 Å². The highest BCUT2D eigenvalue weighted by molar-refractivity contribution is 7.92. The third-order valence-electron chi connectivity index (χ3n) is 5.78. The van der Waals surface area contributed by atoms with Gasteiger partial charge in [-0.25, -0.2) is 13.4 Å². The van der Waals surface area contributed by atoms with Crippen LogP contribution in [0.25, 0.3) is 0 Å². The molecule has 2 heterocycles. The van der Waals surface area contributed by atoms with E-state index in [0.717, 1.165) is 16.9 Å². The van der Waals surface area contributed by atoms with E-state index < -0.39 is 10.0 Å². The average molecular weight is 485 g/mol. The fourth-order valence-corrected chi connectivity index (χ4v) is 4.91. The number of nitrogens with zero attached hydrogens (tertiary/aromatic N) is 3. The third kappa shape index (κ3) is 5.29. The Hall–Kier alpha value is -3.10. The van der Waals surface area contributed by atoms with Crippen molar-refractivity contribution in [1.82, 2.24) is 9.88 Å². The molecule has 1 aromatic heterocycles. The van der Waals surface area contributed by atoms with Crippen LogP contribution in [0.4, 0.5) is 11.5 Å². The highest BCUT2D eigenvalue weighted by Gasteiger charge is 2.23. The first-order chi connectivity index (χ1) is 15.7. The van der Waals surface area contributed by atoms with Crippen LogP contribution in [0.5, 0.6) is 0 Å². The monoisotopic (exact) mass is 484 g/mol. The zero-order valence-electron chi connectivity index (χ0n) is 18.5. The molecule has 9 heteroatoms. The van der Waals surface area contributed by atoms with E-state index >= 15 is 0 Å². The van der Waals surface area contributed by atoms with E-state index in [2.05, 4.69) is 14.6 Å². The Morgan fingerprint density at radius 1 is 0.939 bits per heavy atom. The van der Waals surface area contributed by atoms with E-state index in [1.54, 1.807) is 59.6 Å². The van der Waals surface area contributed by atoms with Gasteiger partial charge in [0.1, 0.15) is 5.82 Å². The van der Waals surface area contributed by atoms with Crippen molar-refractivity contribution < 1.29 is 13.2 Å². The molecule has 0 atom stereocenters. The van der Waals surface area contributed by atoms with Gasteiger partial charge in [-0.1, -0.05) is 17.7 Å². The van der Waals surface area contributed by atoms with Crippen molar-refractivity contribution in [2.24, 2.45) is 0 Å². The zero-order chi connectivity index (χ0) is 23.6. The number of amides is 1. The number of rotatable bonds is 5. The summed E-state index contributed by atoms with van der Waals surface area (Å²) in [6.07, 6.45) is 1.62. The predicted molar refractivity (Wildman–Crippen MR) is 131 cm³/mol. The quantitative estimate of drug-likeness (QED) is 0.589. The molecule has 1 fully saturated rings. The van der Waals surface area contributed by atoms with Crippen LogP contribution in [0.3, 0.4) is 0 Å². The highest BCUT2D eigenvalue weighted by atomic mass is 35.5. The molecule has 0 aliphatic carbocycles. The van der Waals surface area contributed by atoms with Gasteiger partial charge >= 0.3 is 0 Å². The number of halogens is 1. The Bertz CT molecular complexity index is 1250. The predicted octanol–water partition coefficient (Wildman–Crippen LogP) is 4.12. The Morgan fingerprint density at radius 2 is 1.64 bits per heavy atom. The summed E-state index contributed by atoms with van der Waals surface area (Å²) in [6, 6.07) is 15.2. The summed E-state index contributed by atoms with van der Waals surface area (Å²) in [5.41, 5.74) is 2.86. The van der Waals surface area contributed by atoms with Gasteiger partial charge in [-0.2, -0.15) is 0 Å². The minimum Gasteiger partial charge on any atom is -0.353 e. The molecule has 1 N–H and O–H groups in total. The first kappa shape index (κ1) is 23.1. The number of aromatic nitrogens is 1. The zero-order valence-corrected chi connectivity index (χ0v) is 20.0. The van der Waals surface area contributed by atoms with Gasteiger partial charge in [-0.15, -0.1) is 0 Å². The first-order valence-electron chi connectivity index (χ1n) is 10.6. The van der Waals surface area contributed by atoms with Crippen LogP contribution < -0.4 is 9.62 Å². The smallest absolute Gasteiger partial charge is 0.261 e. The van der Waals surface area contributed by atoms with Crippen LogP contribution >= 0.6 is 11.6 Å². The summed E-state index contributed by atoms with van der Waals surface area (Å²) < 4.78 is 28.0. The standard InChI is InChI=1S/C24H25ClN4O3S/c1-17-3-9-22(15-18(17)2)33(31,32)27-21-7-4-19(5-8-21)24(30)29-13-11-28(12-14-29)23-10-6-20(25)16-26-23/h3-10,15-16,27H,11-14H2,1-2H3. The number of aryl methyl sites for hydroxylation is 2. The summed E-state index contributed by atoms with van der Waals surface area (Å²) in [5, 5.41) is 0.590. The van der Waals surface area contributed by atoms with Crippen LogP contribution in [0.15, 0.2) is 65.7 Å². The van der Waals surface area contributed by atoms with Crippen molar-refractivity contribution in [2.45, 2.75) is 18.7 Å². The SMILES string of the molecule is Cc1ccc(S(=O)(=O)Nc2ccc(C(=O)N3CCN(c4ccc(Cl)cn4)CC3)cc2)cc1C. The Balaban J connectivity index is 1.38. The van der Waals surface area contributed by atoms with Crippen LogP contribution in [-0.4, -0.2) is 50.4 Å². The maximum Gasteiger partial charge on any atom is 0.261 e. The molecular weight excluding hydrogens is 460 g/mol. The molecule has 1 aliphatic heterocycles. The molecule has 0 unspecified atom stereocenters. The largest absolute Gasteiger partial charge is 0.353 e. The fourth-order valence-electron chi connectivity index (χ4n) is 3.65. The van der Waals surface area contributed by atoms with Crippen molar-refractivity contribution >= 4 is 39.0 Å². The van der Waals surface area contributed by atoms with Gasteiger partial charge in [0, 0.05) is 43.6 Å². The van der Waals surface area contributed by atoms with E-state index in [1.165, 1.54) is 0 Å². The van der Waals surface area contributed by atoms with E-state index in [1.807, 2.05) is 19.9 Å². The molecule has 1 amide bonds. The second kappa shape index (κ2) is 9.41. The number of nitrogens with one attached hydrogen (secondary N) is 1. The van der Waals surface area contributed by atoms with Crippen molar-refractivity contribution in [2.75, 3.05) is 35.8 Å². The van der Waals surface area contributed by atoms with Gasteiger partial charge in [-0.05, 0) is 73.5 Å². The summed E-state index contributed by atoms with van der Waals surface area (Å²) >= 11 is 5.90. The van der Waals surface area contributed by atoms with Crippen LogP contribution in [0.2, 0.25) is 5.02 Å². The molecule has 0 bridgehead atoms. The molecule has 4 rings (SSSR count). The number of piperazine rings is 1. The van der Waals surface area contributed by atoms with E-state index in [-0.39, 0.29) is 10.8 Å². The Labute approximate surface area is 199 Å². The molecule has 172 valence electrons. The van der Waals surface area contributed by atoms with Crippen molar-refractivity contribution in [3.63, 3.8) is 0 Å². The first-order valence-corrected chi connectivity index (χ1v) is 12.4. The van der Waals surface area contributed by atoms with Gasteiger partial charge in [0.05, 0.1) is 9.92 Å². The Morgan fingerprint density at radius 3 is 2.24 bits per heavy atom. The number of carbonyl (C=O) groups excluding carboxylic acids is 1. The van der Waals surface area contributed by atoms with E-state index in [4.69, 9.17) is 11.6 Å². The van der Waals surface area contributed by atoms with Crippen molar-refractivity contribution in [3.8, 4) is 0 Å². The minimum absolute atomic E-state index is 0.0812. The molecule has 33 heavy (non-hydrogen) atoms. The molecule has 0 spiro atoms. The van der Waals surface area contributed by atoms with Crippen LogP contribution in [0.1, 0.15) is 21.5 Å². The number of pyridine rings is 1. The lowest BCUT2D eigenvalue weighted by atomic mass is 10.1. The number of hydrogen-bond donors (Lipinski definition) is 1. The second-order valence-electron chi connectivity index (χ2n) is 8.04. The molecule has 0 radical (unpaired) electrons. The lowest BCUT2D eigenvalue weighted by Gasteiger charge is -2.35. The number of sulfonamides is 1. The number of anilines is 2.